The molecule has 0 aromatic carbocycles. The van der Waals surface area contributed by atoms with Crippen molar-refractivity contribution in [1.29, 1.82) is 0 Å². The van der Waals surface area contributed by atoms with Crippen LogP contribution in [-0.4, -0.2) is 5.60 Å². The van der Waals surface area contributed by atoms with Gasteiger partial charge in [0.2, 0.25) is 0 Å². The van der Waals surface area contributed by atoms with Gasteiger partial charge in [-0.25, -0.2) is 0 Å². The van der Waals surface area contributed by atoms with Gasteiger partial charge < -0.3 is 5.11 Å². The fraction of sp³-hybridized carbons (Fsp3) is 0.818. The average Bonchev–Trinajstić information content (AvgIpc) is 2.01. The van der Waals surface area contributed by atoms with Gasteiger partial charge in [-0.3, -0.25) is 0 Å². The molecular weight excluding hydrogens is 155 g/mol. The third kappa shape index (κ3) is 10.2. The molecule has 0 aliphatic rings. The van der Waals surface area contributed by atoms with Crippen LogP contribution in [0, 0.1) is 0 Å². The van der Waals surface area contributed by atoms with Crippen molar-refractivity contribution in [2.45, 2.75) is 58.5 Å². The van der Waals surface area contributed by atoms with E-state index in [1.54, 1.807) is 0 Å². The molecule has 2 heteroatoms. The van der Waals surface area contributed by atoms with Crippen LogP contribution in [0.15, 0.2) is 12.2 Å². The van der Waals surface area contributed by atoms with Crippen LogP contribution in [0.5, 0.6) is 0 Å². The minimum Gasteiger partial charge on any atom is -0.849 e. The largest absolute Gasteiger partial charge is 1.00 e. The molecule has 0 bridgehead atoms. The number of hydrogen-bond donors (Lipinski definition) is 0. The molecule has 0 fully saturated rings. The first kappa shape index (κ1) is 15.8. The molecule has 0 aliphatic heterocycles. The molecule has 1 atom stereocenters. The normalized spacial score (nSPS) is 15.4. The monoisotopic (exact) mass is 176 g/mol. The van der Waals surface area contributed by atoms with E-state index < -0.39 is 5.60 Å². The Morgan fingerprint density at radius 3 is 2.31 bits per heavy atom. The Balaban J connectivity index is 0. The molecule has 0 N–H and O–H groups in total. The van der Waals surface area contributed by atoms with Crippen LogP contribution >= 0.6 is 0 Å². The molecule has 0 aromatic heterocycles. The Morgan fingerprint density at radius 2 is 1.85 bits per heavy atom. The Bertz CT molecular complexity index is 130. The Kier molecular flexibility index (Phi) is 10.8. The van der Waals surface area contributed by atoms with E-state index in [1.165, 1.54) is 0 Å². The minimum atomic E-state index is -0.734. The third-order valence-corrected chi connectivity index (χ3v) is 2.01. The topological polar surface area (TPSA) is 23.1 Å². The zero-order chi connectivity index (χ0) is 9.45. The van der Waals surface area contributed by atoms with E-state index in [1.807, 2.05) is 13.0 Å². The van der Waals surface area contributed by atoms with Gasteiger partial charge >= 0.3 is 18.9 Å². The SMILES string of the molecule is CC/C=C/CC(C)([O-])CCCC.[Li+]. The van der Waals surface area contributed by atoms with Gasteiger partial charge in [-0.15, -0.1) is 5.60 Å². The maximum absolute atomic E-state index is 11.7. The van der Waals surface area contributed by atoms with Gasteiger partial charge in [0.25, 0.3) is 0 Å². The second kappa shape index (κ2) is 8.88. The quantitative estimate of drug-likeness (QED) is 0.401. The van der Waals surface area contributed by atoms with Crippen LogP contribution in [-0.2, 0) is 0 Å². The number of hydrogen-bond acceptors (Lipinski definition) is 1. The molecule has 0 radical (unpaired) electrons. The fourth-order valence-electron chi connectivity index (χ4n) is 1.15. The van der Waals surface area contributed by atoms with Crippen molar-refractivity contribution in [1.82, 2.24) is 0 Å². The van der Waals surface area contributed by atoms with Crippen molar-refractivity contribution in [3.63, 3.8) is 0 Å². The molecule has 72 valence electrons. The van der Waals surface area contributed by atoms with Gasteiger partial charge in [-0.1, -0.05) is 52.2 Å². The maximum Gasteiger partial charge on any atom is 1.00 e. The van der Waals surface area contributed by atoms with Crippen LogP contribution in [0.1, 0.15) is 52.9 Å². The smallest absolute Gasteiger partial charge is 0.849 e. The molecule has 0 heterocycles. The molecule has 13 heavy (non-hydrogen) atoms. The van der Waals surface area contributed by atoms with Gasteiger partial charge in [0.15, 0.2) is 0 Å². The van der Waals surface area contributed by atoms with E-state index in [4.69, 9.17) is 0 Å². The Labute approximate surface area is 94.8 Å². The summed E-state index contributed by atoms with van der Waals surface area (Å²) >= 11 is 0. The summed E-state index contributed by atoms with van der Waals surface area (Å²) in [6.07, 6.45) is 8.78. The summed E-state index contributed by atoms with van der Waals surface area (Å²) in [5.41, 5.74) is -0.734. The van der Waals surface area contributed by atoms with Gasteiger partial charge in [-0.2, -0.15) is 0 Å². The first-order valence-electron chi connectivity index (χ1n) is 4.98. The van der Waals surface area contributed by atoms with Gasteiger partial charge in [-0.05, 0) is 12.8 Å². The first-order valence-corrected chi connectivity index (χ1v) is 4.98. The molecule has 0 spiro atoms. The maximum atomic E-state index is 11.7. The van der Waals surface area contributed by atoms with Crippen molar-refractivity contribution in [3.05, 3.63) is 12.2 Å². The van der Waals surface area contributed by atoms with Crippen molar-refractivity contribution in [2.75, 3.05) is 0 Å². The summed E-state index contributed by atoms with van der Waals surface area (Å²) in [7, 11) is 0. The average molecular weight is 176 g/mol. The summed E-state index contributed by atoms with van der Waals surface area (Å²) in [4.78, 5) is 0. The van der Waals surface area contributed by atoms with Crippen molar-refractivity contribution in [2.24, 2.45) is 0 Å². The van der Waals surface area contributed by atoms with Crippen LogP contribution in [0.3, 0.4) is 0 Å². The van der Waals surface area contributed by atoms with E-state index in [0.717, 1.165) is 25.7 Å². The van der Waals surface area contributed by atoms with E-state index >= 15 is 0 Å². The Morgan fingerprint density at radius 1 is 1.23 bits per heavy atom. The van der Waals surface area contributed by atoms with E-state index in [-0.39, 0.29) is 18.9 Å². The zero-order valence-electron chi connectivity index (χ0n) is 9.60. The Hall–Kier alpha value is 0.297. The second-order valence-corrected chi connectivity index (χ2v) is 3.64. The van der Waals surface area contributed by atoms with Gasteiger partial charge in [0, 0.05) is 0 Å². The molecule has 0 aliphatic carbocycles. The van der Waals surface area contributed by atoms with Crippen LogP contribution in [0.2, 0.25) is 0 Å². The molecule has 0 rings (SSSR count). The molecule has 1 unspecified atom stereocenters. The van der Waals surface area contributed by atoms with Crippen molar-refractivity contribution >= 4 is 0 Å². The predicted octanol–water partition coefficient (Wildman–Crippen LogP) is -0.344. The molecule has 1 nitrogen and oxygen atoms in total. The van der Waals surface area contributed by atoms with E-state index in [9.17, 15) is 5.11 Å². The molecule has 0 aromatic rings. The zero-order valence-corrected chi connectivity index (χ0v) is 9.60. The molecule has 0 saturated heterocycles. The summed E-state index contributed by atoms with van der Waals surface area (Å²) in [6.45, 7) is 6.02. The summed E-state index contributed by atoms with van der Waals surface area (Å²) in [6, 6.07) is 0. The van der Waals surface area contributed by atoms with E-state index in [0.29, 0.717) is 6.42 Å². The van der Waals surface area contributed by atoms with Crippen molar-refractivity contribution < 1.29 is 24.0 Å². The number of unbranched alkanes of at least 4 members (excludes halogenated alkanes) is 1. The molecular formula is C11H21LiO. The third-order valence-electron chi connectivity index (χ3n) is 2.01. The summed E-state index contributed by atoms with van der Waals surface area (Å²) in [5, 5.41) is 11.7. The first-order chi connectivity index (χ1) is 5.62. The van der Waals surface area contributed by atoms with Crippen LogP contribution in [0.4, 0.5) is 0 Å². The van der Waals surface area contributed by atoms with Crippen LogP contribution in [0.25, 0.3) is 0 Å². The van der Waals surface area contributed by atoms with Gasteiger partial charge in [0.1, 0.15) is 0 Å². The van der Waals surface area contributed by atoms with Crippen LogP contribution < -0.4 is 24.0 Å². The molecule has 0 saturated carbocycles. The summed E-state index contributed by atoms with van der Waals surface area (Å²) in [5.74, 6) is 0. The minimum absolute atomic E-state index is 0. The predicted molar refractivity (Wildman–Crippen MR) is 52.0 cm³/mol. The molecule has 0 amide bonds. The van der Waals surface area contributed by atoms with E-state index in [2.05, 4.69) is 19.9 Å². The fourth-order valence-corrected chi connectivity index (χ4v) is 1.15. The second-order valence-electron chi connectivity index (χ2n) is 3.64. The van der Waals surface area contributed by atoms with Crippen molar-refractivity contribution in [3.8, 4) is 0 Å². The summed E-state index contributed by atoms with van der Waals surface area (Å²) < 4.78 is 0. The number of allylic oxidation sites excluding steroid dienone is 1. The van der Waals surface area contributed by atoms with Gasteiger partial charge in [0.05, 0.1) is 0 Å². The standard InChI is InChI=1S/C11H21O.Li/c1-4-6-8-10-11(3,12)9-7-5-2;/h6,8H,4-5,7,9-10H2,1-3H3;/q-1;+1/b8-6+;. The number of rotatable bonds is 6.